The molecule has 1 aliphatic heterocycles. The SMILES string of the molecule is O=C(O)c1ccccc1-c1ccc(/C=C2/SC(=S)N(C3CCCCC3)C2=O)o1. The number of furan rings is 1. The minimum absolute atomic E-state index is 0.0641. The Kier molecular flexibility index (Phi) is 5.37. The Bertz CT molecular complexity index is 972. The Morgan fingerprint density at radius 3 is 2.68 bits per heavy atom. The molecule has 0 atom stereocenters. The first-order chi connectivity index (χ1) is 13.5. The number of benzene rings is 1. The number of rotatable bonds is 4. The van der Waals surface area contributed by atoms with Gasteiger partial charge < -0.3 is 9.52 Å². The summed E-state index contributed by atoms with van der Waals surface area (Å²) in [4.78, 5) is 26.6. The monoisotopic (exact) mass is 413 g/mol. The lowest BCUT2D eigenvalue weighted by molar-refractivity contribution is -0.124. The van der Waals surface area contributed by atoms with Crippen molar-refractivity contribution >= 4 is 46.3 Å². The highest BCUT2D eigenvalue weighted by atomic mass is 32.2. The Morgan fingerprint density at radius 2 is 1.93 bits per heavy atom. The number of amides is 1. The van der Waals surface area contributed by atoms with Gasteiger partial charge in [0.1, 0.15) is 15.8 Å². The Morgan fingerprint density at radius 1 is 1.18 bits per heavy atom. The molecule has 1 saturated carbocycles. The highest BCUT2D eigenvalue weighted by Gasteiger charge is 2.37. The van der Waals surface area contributed by atoms with Gasteiger partial charge in [0.05, 0.1) is 10.5 Å². The van der Waals surface area contributed by atoms with E-state index in [1.54, 1.807) is 41.3 Å². The van der Waals surface area contributed by atoms with Gasteiger partial charge in [-0.2, -0.15) is 0 Å². The summed E-state index contributed by atoms with van der Waals surface area (Å²) >= 11 is 6.75. The molecule has 1 saturated heterocycles. The number of hydrogen-bond donors (Lipinski definition) is 1. The molecule has 1 N–H and O–H groups in total. The predicted octanol–water partition coefficient (Wildman–Crippen LogP) is 5.18. The summed E-state index contributed by atoms with van der Waals surface area (Å²) in [5, 5.41) is 9.36. The molecule has 0 unspecified atom stereocenters. The van der Waals surface area contributed by atoms with Gasteiger partial charge in [0.15, 0.2) is 0 Å². The molecule has 0 bridgehead atoms. The standard InChI is InChI=1S/C21H19NO4S2/c23-19-18(28-21(27)22(19)13-6-2-1-3-7-13)12-14-10-11-17(26-14)15-8-4-5-9-16(15)20(24)25/h4-5,8-13H,1-3,6-7H2,(H,24,25)/b18-12+. The summed E-state index contributed by atoms with van der Waals surface area (Å²) in [6.45, 7) is 0. The van der Waals surface area contributed by atoms with Crippen LogP contribution in [0.3, 0.4) is 0 Å². The van der Waals surface area contributed by atoms with E-state index >= 15 is 0 Å². The van der Waals surface area contributed by atoms with E-state index < -0.39 is 5.97 Å². The third kappa shape index (κ3) is 3.64. The first-order valence-corrected chi connectivity index (χ1v) is 10.5. The minimum atomic E-state index is -1.01. The van der Waals surface area contributed by atoms with Crippen molar-refractivity contribution in [3.63, 3.8) is 0 Å². The maximum Gasteiger partial charge on any atom is 0.336 e. The normalized spacial score (nSPS) is 19.6. The first kappa shape index (κ1) is 19.0. The molecule has 2 heterocycles. The zero-order valence-corrected chi connectivity index (χ0v) is 16.7. The summed E-state index contributed by atoms with van der Waals surface area (Å²) in [7, 11) is 0. The molecule has 1 amide bonds. The third-order valence-electron chi connectivity index (χ3n) is 5.09. The molecule has 144 valence electrons. The smallest absolute Gasteiger partial charge is 0.336 e. The van der Waals surface area contributed by atoms with E-state index in [1.165, 1.54) is 24.2 Å². The number of thioether (sulfide) groups is 1. The van der Waals surface area contributed by atoms with Gasteiger partial charge in [-0.15, -0.1) is 0 Å². The van der Waals surface area contributed by atoms with Crippen molar-refractivity contribution in [2.75, 3.05) is 0 Å². The lowest BCUT2D eigenvalue weighted by Crippen LogP contribution is -2.39. The number of carboxylic acids is 1. The van der Waals surface area contributed by atoms with Gasteiger partial charge in [-0.3, -0.25) is 9.69 Å². The van der Waals surface area contributed by atoms with E-state index in [4.69, 9.17) is 16.6 Å². The van der Waals surface area contributed by atoms with Crippen LogP contribution in [0.4, 0.5) is 0 Å². The van der Waals surface area contributed by atoms with E-state index in [0.29, 0.717) is 26.3 Å². The maximum absolute atomic E-state index is 12.9. The molecule has 1 aromatic heterocycles. The summed E-state index contributed by atoms with van der Waals surface area (Å²) < 4.78 is 6.42. The number of hydrogen-bond acceptors (Lipinski definition) is 5. The Labute approximate surface area is 172 Å². The highest BCUT2D eigenvalue weighted by molar-refractivity contribution is 8.26. The molecular formula is C21H19NO4S2. The Balaban J connectivity index is 1.58. The molecule has 0 spiro atoms. The van der Waals surface area contributed by atoms with E-state index in [2.05, 4.69) is 0 Å². The van der Waals surface area contributed by atoms with Crippen LogP contribution in [-0.4, -0.2) is 32.2 Å². The van der Waals surface area contributed by atoms with E-state index in [1.807, 2.05) is 0 Å². The number of aromatic carboxylic acids is 1. The van der Waals surface area contributed by atoms with Crippen molar-refractivity contribution in [2.45, 2.75) is 38.1 Å². The number of nitrogens with zero attached hydrogens (tertiary/aromatic N) is 1. The molecule has 2 aliphatic rings. The van der Waals surface area contributed by atoms with Crippen LogP contribution in [0, 0.1) is 0 Å². The fourth-order valence-corrected chi connectivity index (χ4v) is 5.10. The third-order valence-corrected chi connectivity index (χ3v) is 6.42. The van der Waals surface area contributed by atoms with Gasteiger partial charge in [-0.25, -0.2) is 4.79 Å². The van der Waals surface area contributed by atoms with Crippen molar-refractivity contribution in [3.8, 4) is 11.3 Å². The van der Waals surface area contributed by atoms with Crippen LogP contribution in [-0.2, 0) is 4.79 Å². The zero-order chi connectivity index (χ0) is 19.7. The van der Waals surface area contributed by atoms with Gasteiger partial charge in [-0.05, 0) is 31.0 Å². The minimum Gasteiger partial charge on any atom is -0.478 e. The number of carbonyl (C=O) groups excluding carboxylic acids is 1. The second-order valence-corrected chi connectivity index (χ2v) is 8.57. The fraction of sp³-hybridized carbons (Fsp3) is 0.286. The summed E-state index contributed by atoms with van der Waals surface area (Å²) in [5.41, 5.74) is 0.677. The van der Waals surface area contributed by atoms with Gasteiger partial charge >= 0.3 is 5.97 Å². The van der Waals surface area contributed by atoms with Gasteiger partial charge in [0, 0.05) is 17.7 Å². The summed E-state index contributed by atoms with van der Waals surface area (Å²) in [6, 6.07) is 10.3. The summed E-state index contributed by atoms with van der Waals surface area (Å²) in [6.07, 6.45) is 7.16. The topological polar surface area (TPSA) is 70.8 Å². The molecule has 2 fully saturated rings. The number of carboxylic acid groups (broad SMARTS) is 1. The van der Waals surface area contributed by atoms with Crippen molar-refractivity contribution in [3.05, 3.63) is 52.6 Å². The van der Waals surface area contributed by atoms with Crippen molar-refractivity contribution in [1.82, 2.24) is 4.90 Å². The molecule has 2 aromatic rings. The highest BCUT2D eigenvalue weighted by Crippen LogP contribution is 2.38. The van der Waals surface area contributed by atoms with Crippen LogP contribution in [0.25, 0.3) is 17.4 Å². The van der Waals surface area contributed by atoms with Gasteiger partial charge in [0.25, 0.3) is 5.91 Å². The average molecular weight is 414 g/mol. The van der Waals surface area contributed by atoms with E-state index in [9.17, 15) is 14.7 Å². The Hall–Kier alpha value is -2.38. The van der Waals surface area contributed by atoms with Crippen LogP contribution in [0.15, 0.2) is 45.7 Å². The lowest BCUT2D eigenvalue weighted by Gasteiger charge is -2.29. The molecule has 5 nitrogen and oxygen atoms in total. The fourth-order valence-electron chi connectivity index (χ4n) is 3.72. The average Bonchev–Trinajstić information content (AvgIpc) is 3.27. The van der Waals surface area contributed by atoms with Crippen molar-refractivity contribution in [1.29, 1.82) is 0 Å². The largest absolute Gasteiger partial charge is 0.478 e. The van der Waals surface area contributed by atoms with Gasteiger partial charge in [0.2, 0.25) is 0 Å². The number of carbonyl (C=O) groups is 2. The molecule has 7 heteroatoms. The van der Waals surface area contributed by atoms with Crippen LogP contribution in [0.1, 0.15) is 48.2 Å². The van der Waals surface area contributed by atoms with Crippen LogP contribution < -0.4 is 0 Å². The second-order valence-electron chi connectivity index (χ2n) is 6.90. The van der Waals surface area contributed by atoms with Gasteiger partial charge in [-0.1, -0.05) is 61.4 Å². The molecule has 28 heavy (non-hydrogen) atoms. The number of thiocarbonyl (C=S) groups is 1. The molecule has 0 radical (unpaired) electrons. The van der Waals surface area contributed by atoms with E-state index in [-0.39, 0.29) is 17.5 Å². The lowest BCUT2D eigenvalue weighted by atomic mass is 9.94. The second kappa shape index (κ2) is 7.93. The molecule has 1 aromatic carbocycles. The van der Waals surface area contributed by atoms with Crippen molar-refractivity contribution < 1.29 is 19.1 Å². The van der Waals surface area contributed by atoms with Crippen LogP contribution in [0.5, 0.6) is 0 Å². The first-order valence-electron chi connectivity index (χ1n) is 9.24. The maximum atomic E-state index is 12.9. The summed E-state index contributed by atoms with van der Waals surface area (Å²) in [5.74, 6) is -0.126. The quantitative estimate of drug-likeness (QED) is 0.550. The molecule has 4 rings (SSSR count). The van der Waals surface area contributed by atoms with Crippen molar-refractivity contribution in [2.24, 2.45) is 0 Å². The van der Waals surface area contributed by atoms with Crippen LogP contribution >= 0.6 is 24.0 Å². The van der Waals surface area contributed by atoms with E-state index in [0.717, 1.165) is 25.7 Å². The molecular weight excluding hydrogens is 394 g/mol. The van der Waals surface area contributed by atoms with Crippen LogP contribution in [0.2, 0.25) is 0 Å². The molecule has 1 aliphatic carbocycles. The zero-order valence-electron chi connectivity index (χ0n) is 15.1. The predicted molar refractivity (Wildman–Crippen MR) is 113 cm³/mol.